The van der Waals surface area contributed by atoms with Crippen LogP contribution in [-0.2, 0) is 0 Å². The average Bonchev–Trinajstić information content (AvgIpc) is 3.00. The van der Waals surface area contributed by atoms with Crippen LogP contribution in [0.2, 0.25) is 0 Å². The third-order valence-electron chi connectivity index (χ3n) is 5.05. The first-order chi connectivity index (χ1) is 8.71. The van der Waals surface area contributed by atoms with Gasteiger partial charge in [0, 0.05) is 32.2 Å². The molecule has 0 bridgehead atoms. The summed E-state index contributed by atoms with van der Waals surface area (Å²) in [6.07, 6.45) is 6.13. The summed E-state index contributed by atoms with van der Waals surface area (Å²) in [5.74, 6) is 0. The molecular weight excluding hydrogens is 226 g/mol. The second kappa shape index (κ2) is 4.72. The molecule has 0 unspecified atom stereocenters. The molecule has 1 aliphatic carbocycles. The highest BCUT2D eigenvalue weighted by Gasteiger charge is 2.48. The quantitative estimate of drug-likeness (QED) is 0.810. The number of rotatable bonds is 2. The molecule has 4 nitrogen and oxygen atoms in total. The van der Waals surface area contributed by atoms with Crippen molar-refractivity contribution in [3.05, 3.63) is 0 Å². The predicted octanol–water partition coefficient (Wildman–Crippen LogP) is 1.67. The molecule has 4 heteroatoms. The summed E-state index contributed by atoms with van der Waals surface area (Å²) in [5, 5.41) is 3.23. The van der Waals surface area contributed by atoms with E-state index in [-0.39, 0.29) is 6.03 Å². The van der Waals surface area contributed by atoms with Gasteiger partial charge < -0.3 is 15.1 Å². The lowest BCUT2D eigenvalue weighted by Gasteiger charge is -2.32. The Hall–Kier alpha value is -0.770. The molecule has 18 heavy (non-hydrogen) atoms. The van der Waals surface area contributed by atoms with Crippen molar-refractivity contribution in [2.75, 3.05) is 32.7 Å². The van der Waals surface area contributed by atoms with E-state index < -0.39 is 0 Å². The summed E-state index contributed by atoms with van der Waals surface area (Å²) in [5.41, 5.74) is 0.545. The Kier molecular flexibility index (Phi) is 3.22. The maximum atomic E-state index is 12.2. The van der Waals surface area contributed by atoms with Gasteiger partial charge >= 0.3 is 6.03 Å². The zero-order chi connectivity index (χ0) is 12.6. The lowest BCUT2D eigenvalue weighted by atomic mass is 10.1. The molecule has 0 atom stereocenters. The predicted molar refractivity (Wildman–Crippen MR) is 71.5 cm³/mol. The molecule has 1 N–H and O–H groups in total. The maximum Gasteiger partial charge on any atom is 0.317 e. The molecule has 0 aromatic heterocycles. The van der Waals surface area contributed by atoms with E-state index in [9.17, 15) is 4.79 Å². The minimum Gasteiger partial charge on any atom is -0.335 e. The molecule has 0 aromatic carbocycles. The Balaban J connectivity index is 1.44. The highest BCUT2D eigenvalue weighted by Crippen LogP contribution is 2.52. The lowest BCUT2D eigenvalue weighted by molar-refractivity contribution is 0.180. The van der Waals surface area contributed by atoms with Crippen LogP contribution in [0.15, 0.2) is 0 Å². The second-order valence-corrected chi connectivity index (χ2v) is 6.33. The van der Waals surface area contributed by atoms with Crippen LogP contribution in [0.5, 0.6) is 0 Å². The van der Waals surface area contributed by atoms with Gasteiger partial charge in [0.15, 0.2) is 0 Å². The third-order valence-corrected chi connectivity index (χ3v) is 5.05. The number of nitrogens with zero attached hydrogens (tertiary/aromatic N) is 2. The molecule has 1 saturated carbocycles. The van der Waals surface area contributed by atoms with Crippen LogP contribution in [0.1, 0.15) is 39.0 Å². The molecule has 1 spiro atoms. The molecule has 2 saturated heterocycles. The first-order valence-corrected chi connectivity index (χ1v) is 7.49. The lowest BCUT2D eigenvalue weighted by Crippen LogP contribution is -2.48. The number of urea groups is 1. The van der Waals surface area contributed by atoms with Crippen LogP contribution >= 0.6 is 0 Å². The molecule has 2 amide bonds. The Morgan fingerprint density at radius 2 is 1.94 bits per heavy atom. The van der Waals surface area contributed by atoms with Crippen molar-refractivity contribution < 1.29 is 4.79 Å². The minimum atomic E-state index is 0.189. The molecule has 3 rings (SSSR count). The zero-order valence-corrected chi connectivity index (χ0v) is 11.5. The van der Waals surface area contributed by atoms with Crippen molar-refractivity contribution in [2.24, 2.45) is 5.41 Å². The number of carbonyl (C=O) groups excluding carboxylic acids is 1. The summed E-state index contributed by atoms with van der Waals surface area (Å²) in [6, 6.07) is 0.588. The van der Waals surface area contributed by atoms with Crippen LogP contribution in [0, 0.1) is 5.41 Å². The third kappa shape index (κ3) is 2.48. The van der Waals surface area contributed by atoms with Gasteiger partial charge in [-0.3, -0.25) is 0 Å². The Morgan fingerprint density at radius 1 is 1.22 bits per heavy atom. The van der Waals surface area contributed by atoms with E-state index in [2.05, 4.69) is 17.1 Å². The molecule has 0 radical (unpaired) electrons. The molecular formula is C14H25N3O. The molecule has 0 aromatic rings. The number of carbonyl (C=O) groups is 1. The normalized spacial score (nSPS) is 27.7. The van der Waals surface area contributed by atoms with Crippen molar-refractivity contribution in [1.82, 2.24) is 15.1 Å². The summed E-state index contributed by atoms with van der Waals surface area (Å²) >= 11 is 0. The van der Waals surface area contributed by atoms with E-state index >= 15 is 0 Å². The van der Waals surface area contributed by atoms with E-state index in [0.717, 1.165) is 45.6 Å². The monoisotopic (exact) mass is 251 g/mol. The number of hydrogen-bond acceptors (Lipinski definition) is 2. The second-order valence-electron chi connectivity index (χ2n) is 6.33. The van der Waals surface area contributed by atoms with Gasteiger partial charge in [0.2, 0.25) is 0 Å². The van der Waals surface area contributed by atoms with Crippen LogP contribution in [0.4, 0.5) is 4.79 Å². The molecule has 2 heterocycles. The van der Waals surface area contributed by atoms with E-state index in [0.29, 0.717) is 11.5 Å². The van der Waals surface area contributed by atoms with Crippen molar-refractivity contribution in [1.29, 1.82) is 0 Å². The smallest absolute Gasteiger partial charge is 0.317 e. The first kappa shape index (κ1) is 12.3. The van der Waals surface area contributed by atoms with Crippen molar-refractivity contribution in [2.45, 2.75) is 45.1 Å². The van der Waals surface area contributed by atoms with Gasteiger partial charge in [0.25, 0.3) is 0 Å². The standard InChI is InChI=1S/C14H25N3O/c1-2-16-8-3-12(4-9-16)15-13(18)17-10-7-14(11-17)5-6-14/h12H,2-11H2,1H3,(H,15,18). The number of nitrogens with one attached hydrogen (secondary N) is 1. The molecule has 3 fully saturated rings. The van der Waals surface area contributed by atoms with Gasteiger partial charge in [0.1, 0.15) is 0 Å². The summed E-state index contributed by atoms with van der Waals surface area (Å²) < 4.78 is 0. The Labute approximate surface area is 110 Å². The van der Waals surface area contributed by atoms with Gasteiger partial charge in [0.05, 0.1) is 0 Å². The van der Waals surface area contributed by atoms with Crippen molar-refractivity contribution >= 4 is 6.03 Å². The maximum absolute atomic E-state index is 12.2. The van der Waals surface area contributed by atoms with E-state index in [4.69, 9.17) is 0 Å². The van der Waals surface area contributed by atoms with Crippen LogP contribution in [0.25, 0.3) is 0 Å². The van der Waals surface area contributed by atoms with Gasteiger partial charge in [-0.25, -0.2) is 4.79 Å². The highest BCUT2D eigenvalue weighted by molar-refractivity contribution is 5.75. The van der Waals surface area contributed by atoms with Crippen molar-refractivity contribution in [3.8, 4) is 0 Å². The van der Waals surface area contributed by atoms with Gasteiger partial charge in [-0.1, -0.05) is 6.92 Å². The number of piperidine rings is 1. The Morgan fingerprint density at radius 3 is 2.50 bits per heavy atom. The average molecular weight is 251 g/mol. The molecule has 102 valence electrons. The zero-order valence-electron chi connectivity index (χ0n) is 11.5. The van der Waals surface area contributed by atoms with Crippen LogP contribution in [0.3, 0.4) is 0 Å². The van der Waals surface area contributed by atoms with Gasteiger partial charge in [-0.15, -0.1) is 0 Å². The minimum absolute atomic E-state index is 0.189. The van der Waals surface area contributed by atoms with E-state index in [1.807, 2.05) is 4.90 Å². The van der Waals surface area contributed by atoms with Gasteiger partial charge in [-0.05, 0) is 44.1 Å². The highest BCUT2D eigenvalue weighted by atomic mass is 16.2. The largest absolute Gasteiger partial charge is 0.335 e. The fourth-order valence-corrected chi connectivity index (χ4v) is 3.35. The first-order valence-electron chi connectivity index (χ1n) is 7.49. The molecule has 2 aliphatic heterocycles. The molecule has 3 aliphatic rings. The topological polar surface area (TPSA) is 35.6 Å². The summed E-state index contributed by atoms with van der Waals surface area (Å²) in [7, 11) is 0. The number of hydrogen-bond donors (Lipinski definition) is 1. The van der Waals surface area contributed by atoms with Gasteiger partial charge in [-0.2, -0.15) is 0 Å². The Bertz CT molecular complexity index is 319. The fraction of sp³-hybridized carbons (Fsp3) is 0.929. The number of amides is 2. The SMILES string of the molecule is CCN1CCC(NC(=O)N2CCC3(CC3)C2)CC1. The fourth-order valence-electron chi connectivity index (χ4n) is 3.35. The summed E-state index contributed by atoms with van der Waals surface area (Å²) in [4.78, 5) is 16.7. The van der Waals surface area contributed by atoms with Crippen LogP contribution in [-0.4, -0.2) is 54.6 Å². The van der Waals surface area contributed by atoms with E-state index in [1.165, 1.54) is 19.3 Å². The van der Waals surface area contributed by atoms with Crippen LogP contribution < -0.4 is 5.32 Å². The van der Waals surface area contributed by atoms with E-state index in [1.54, 1.807) is 0 Å². The summed E-state index contributed by atoms with van der Waals surface area (Å²) in [6.45, 7) is 7.58. The van der Waals surface area contributed by atoms with Crippen molar-refractivity contribution in [3.63, 3.8) is 0 Å². The number of likely N-dealkylation sites (tertiary alicyclic amines) is 2.